The van der Waals surface area contributed by atoms with Gasteiger partial charge in [-0.15, -0.1) is 0 Å². The minimum absolute atomic E-state index is 0.0261. The molecule has 0 aromatic heterocycles. The van der Waals surface area contributed by atoms with Gasteiger partial charge in [-0.05, 0) is 45.0 Å². The zero-order valence-electron chi connectivity index (χ0n) is 19.1. The van der Waals surface area contributed by atoms with Gasteiger partial charge in [0, 0.05) is 24.1 Å². The highest BCUT2D eigenvalue weighted by Gasteiger charge is 2.46. The Bertz CT molecular complexity index is 1140. The number of hydrogen-bond acceptors (Lipinski definition) is 8. The van der Waals surface area contributed by atoms with Crippen LogP contribution in [0.3, 0.4) is 0 Å². The molecule has 10 nitrogen and oxygen atoms in total. The Kier molecular flexibility index (Phi) is 7.07. The summed E-state index contributed by atoms with van der Waals surface area (Å²) in [5.41, 5.74) is 0.0595. The molecule has 1 N–H and O–H groups in total. The number of amides is 2. The van der Waals surface area contributed by atoms with Crippen LogP contribution in [0.1, 0.15) is 20.8 Å². The quantitative estimate of drug-likeness (QED) is 0.630. The SMILES string of the molecule is CC(C)(C)OC(=O)NC[C@H]1CN(c2ccc(N3C=C(C(=O)C(F)(F)F)S(=O)(=O)CC3)cc2)C(=O)O1. The molecule has 14 heteroatoms. The van der Waals surface area contributed by atoms with Gasteiger partial charge in [-0.3, -0.25) is 9.69 Å². The van der Waals surface area contributed by atoms with E-state index < -0.39 is 56.3 Å². The Morgan fingerprint density at radius 1 is 1.14 bits per heavy atom. The molecule has 1 saturated heterocycles. The van der Waals surface area contributed by atoms with Crippen molar-refractivity contribution in [3.8, 4) is 0 Å². The fraction of sp³-hybridized carbons (Fsp3) is 0.476. The maximum absolute atomic E-state index is 12.8. The van der Waals surface area contributed by atoms with Crippen molar-refractivity contribution in [1.82, 2.24) is 5.32 Å². The van der Waals surface area contributed by atoms with Gasteiger partial charge < -0.3 is 19.7 Å². The molecular weight excluding hydrogens is 495 g/mol. The summed E-state index contributed by atoms with van der Waals surface area (Å²) in [7, 11) is -4.36. The minimum Gasteiger partial charge on any atom is -0.444 e. The van der Waals surface area contributed by atoms with Gasteiger partial charge in [0.2, 0.25) is 0 Å². The standard InChI is InChI=1S/C21H24F3N3O7S/c1-20(2,3)34-18(29)25-10-15-11-27(19(30)33-15)14-6-4-13(5-7-14)26-8-9-35(31,32)16(12-26)17(28)21(22,23)24/h4-7,12,15H,8-11H2,1-3H3,(H,25,29)/t15-/m0/s1. The highest BCUT2D eigenvalue weighted by molar-refractivity contribution is 7.96. The van der Waals surface area contributed by atoms with Crippen LogP contribution in [0.25, 0.3) is 0 Å². The number of sulfone groups is 1. The molecule has 35 heavy (non-hydrogen) atoms. The number of rotatable bonds is 5. The van der Waals surface area contributed by atoms with Crippen LogP contribution in [0.5, 0.6) is 0 Å². The summed E-state index contributed by atoms with van der Waals surface area (Å²) < 4.78 is 72.8. The number of carbonyl (C=O) groups excluding carboxylic acids is 3. The molecule has 2 aliphatic rings. The summed E-state index contributed by atoms with van der Waals surface area (Å²) in [6.45, 7) is 5.13. The smallest absolute Gasteiger partial charge is 0.444 e. The lowest BCUT2D eigenvalue weighted by Gasteiger charge is -2.27. The number of Topliss-reactive ketones (excluding diaryl/α,β-unsaturated/α-hetero) is 1. The van der Waals surface area contributed by atoms with E-state index in [2.05, 4.69) is 5.32 Å². The highest BCUT2D eigenvalue weighted by atomic mass is 32.2. The summed E-state index contributed by atoms with van der Waals surface area (Å²) >= 11 is 0. The molecule has 192 valence electrons. The molecule has 0 spiro atoms. The zero-order chi connectivity index (χ0) is 26.2. The second-order valence-electron chi connectivity index (χ2n) is 8.85. The van der Waals surface area contributed by atoms with Gasteiger partial charge in [0.15, 0.2) is 9.84 Å². The number of anilines is 2. The van der Waals surface area contributed by atoms with E-state index in [0.717, 1.165) is 0 Å². The van der Waals surface area contributed by atoms with Crippen LogP contribution in [0.2, 0.25) is 0 Å². The van der Waals surface area contributed by atoms with Gasteiger partial charge in [0.1, 0.15) is 16.6 Å². The molecular formula is C21H24F3N3O7S. The predicted octanol–water partition coefficient (Wildman–Crippen LogP) is 2.74. The lowest BCUT2D eigenvalue weighted by atomic mass is 10.2. The molecule has 2 aliphatic heterocycles. The number of ether oxygens (including phenoxy) is 2. The maximum atomic E-state index is 12.8. The first-order valence-corrected chi connectivity index (χ1v) is 12.1. The number of nitrogens with one attached hydrogen (secondary N) is 1. The summed E-state index contributed by atoms with van der Waals surface area (Å²) in [6.07, 6.45) is -6.60. The third-order valence-corrected chi connectivity index (χ3v) is 6.61. The first-order chi connectivity index (χ1) is 16.1. The van der Waals surface area contributed by atoms with Crippen molar-refractivity contribution < 1.29 is 45.4 Å². The third-order valence-electron chi connectivity index (χ3n) is 4.93. The van der Waals surface area contributed by atoms with Crippen molar-refractivity contribution in [2.75, 3.05) is 35.2 Å². The predicted molar refractivity (Wildman–Crippen MR) is 119 cm³/mol. The largest absolute Gasteiger partial charge is 0.455 e. The van der Waals surface area contributed by atoms with E-state index in [0.29, 0.717) is 17.6 Å². The number of carbonyl (C=O) groups is 3. The molecule has 0 saturated carbocycles. The molecule has 0 radical (unpaired) electrons. The third kappa shape index (κ3) is 6.44. The zero-order valence-corrected chi connectivity index (χ0v) is 19.9. The Morgan fingerprint density at radius 3 is 2.31 bits per heavy atom. The van der Waals surface area contributed by atoms with E-state index in [4.69, 9.17) is 9.47 Å². The first kappa shape index (κ1) is 26.3. The molecule has 0 aliphatic carbocycles. The normalized spacial score (nSPS) is 20.2. The summed E-state index contributed by atoms with van der Waals surface area (Å²) in [4.78, 5) is 36.8. The van der Waals surface area contributed by atoms with Crippen LogP contribution >= 0.6 is 0 Å². The average molecular weight is 519 g/mol. The van der Waals surface area contributed by atoms with Crippen molar-refractivity contribution in [1.29, 1.82) is 0 Å². The highest BCUT2D eigenvalue weighted by Crippen LogP contribution is 2.30. The molecule has 1 aromatic rings. The van der Waals surface area contributed by atoms with Gasteiger partial charge in [0.25, 0.3) is 5.78 Å². The Hall–Kier alpha value is -3.29. The summed E-state index contributed by atoms with van der Waals surface area (Å²) in [5.74, 6) is -3.09. The average Bonchev–Trinajstić information content (AvgIpc) is 3.10. The van der Waals surface area contributed by atoms with Crippen LogP contribution in [0.4, 0.5) is 34.1 Å². The van der Waals surface area contributed by atoms with Crippen molar-refractivity contribution in [3.63, 3.8) is 0 Å². The van der Waals surface area contributed by atoms with Gasteiger partial charge in [-0.25, -0.2) is 18.0 Å². The van der Waals surface area contributed by atoms with Gasteiger partial charge >= 0.3 is 18.4 Å². The van der Waals surface area contributed by atoms with Crippen LogP contribution in [-0.4, -0.2) is 69.7 Å². The molecule has 1 atom stereocenters. The number of nitrogens with zero attached hydrogens (tertiary/aromatic N) is 2. The lowest BCUT2D eigenvalue weighted by Crippen LogP contribution is -2.38. The Balaban J connectivity index is 1.68. The molecule has 0 unspecified atom stereocenters. The van der Waals surface area contributed by atoms with E-state index in [1.54, 1.807) is 20.8 Å². The van der Waals surface area contributed by atoms with Crippen LogP contribution in [0, 0.1) is 0 Å². The fourth-order valence-corrected chi connectivity index (χ4v) is 4.68. The van der Waals surface area contributed by atoms with Crippen LogP contribution in [0.15, 0.2) is 35.4 Å². The monoisotopic (exact) mass is 519 g/mol. The van der Waals surface area contributed by atoms with Crippen LogP contribution < -0.4 is 15.1 Å². The van der Waals surface area contributed by atoms with E-state index in [9.17, 15) is 36.0 Å². The summed E-state index contributed by atoms with van der Waals surface area (Å²) in [6, 6.07) is 5.95. The first-order valence-electron chi connectivity index (χ1n) is 10.4. The molecule has 2 heterocycles. The number of alkyl carbamates (subject to hydrolysis) is 1. The second kappa shape index (κ2) is 9.40. The fourth-order valence-electron chi connectivity index (χ4n) is 3.33. The van der Waals surface area contributed by atoms with E-state index in [1.807, 2.05) is 0 Å². The molecule has 2 amide bonds. The number of ketones is 1. The number of allylic oxidation sites excluding steroid dienone is 1. The van der Waals surface area contributed by atoms with Gasteiger partial charge in [-0.1, -0.05) is 0 Å². The maximum Gasteiger partial charge on any atom is 0.455 e. The number of cyclic esters (lactones) is 1. The number of hydrogen-bond donors (Lipinski definition) is 1. The van der Waals surface area contributed by atoms with Crippen molar-refractivity contribution in [2.24, 2.45) is 0 Å². The topological polar surface area (TPSA) is 122 Å². The van der Waals surface area contributed by atoms with Crippen LogP contribution in [-0.2, 0) is 24.1 Å². The van der Waals surface area contributed by atoms with E-state index in [1.165, 1.54) is 34.1 Å². The molecule has 3 rings (SSSR count). The second-order valence-corrected chi connectivity index (χ2v) is 10.9. The van der Waals surface area contributed by atoms with Crippen molar-refractivity contribution >= 4 is 39.2 Å². The van der Waals surface area contributed by atoms with Gasteiger partial charge in [-0.2, -0.15) is 13.2 Å². The number of alkyl halides is 3. The molecule has 1 aromatic carbocycles. The lowest BCUT2D eigenvalue weighted by molar-refractivity contribution is -0.165. The number of halogens is 3. The summed E-state index contributed by atoms with van der Waals surface area (Å²) in [5, 5.41) is 2.52. The molecule has 0 bridgehead atoms. The van der Waals surface area contributed by atoms with Gasteiger partial charge in [0.05, 0.1) is 18.8 Å². The Morgan fingerprint density at radius 2 is 1.74 bits per heavy atom. The number of benzene rings is 1. The Labute approximate surface area is 199 Å². The van der Waals surface area contributed by atoms with Crippen molar-refractivity contribution in [3.05, 3.63) is 35.4 Å². The minimum atomic E-state index is -5.32. The van der Waals surface area contributed by atoms with E-state index >= 15 is 0 Å². The molecule has 1 fully saturated rings. The van der Waals surface area contributed by atoms with E-state index in [-0.39, 0.29) is 19.6 Å². The van der Waals surface area contributed by atoms with Crippen molar-refractivity contribution in [2.45, 2.75) is 38.7 Å².